The van der Waals surface area contributed by atoms with Crippen molar-refractivity contribution >= 4 is 28.9 Å². The molecule has 9 heteroatoms. The first-order valence-corrected chi connectivity index (χ1v) is 9.10. The van der Waals surface area contributed by atoms with Crippen molar-refractivity contribution < 1.29 is 18.8 Å². The fraction of sp³-hybridized carbons (Fsp3) is 0.316. The van der Waals surface area contributed by atoms with Crippen molar-refractivity contribution in [3.05, 3.63) is 62.9 Å². The Bertz CT molecular complexity index is 909. The molecule has 1 aliphatic rings. The molecule has 28 heavy (non-hydrogen) atoms. The van der Waals surface area contributed by atoms with E-state index in [1.165, 1.54) is 13.2 Å². The molecule has 0 radical (unpaired) electrons. The van der Waals surface area contributed by atoms with E-state index in [1.807, 2.05) is 0 Å². The highest BCUT2D eigenvalue weighted by Gasteiger charge is 2.27. The van der Waals surface area contributed by atoms with Gasteiger partial charge >= 0.3 is 0 Å². The highest BCUT2D eigenvalue weighted by Crippen LogP contribution is 2.35. The summed E-state index contributed by atoms with van der Waals surface area (Å²) < 4.78 is 18.9. The molecule has 1 heterocycles. The minimum atomic E-state index is -0.787. The van der Waals surface area contributed by atoms with E-state index >= 15 is 0 Å². The molecule has 0 saturated carbocycles. The molecule has 2 aromatic carbocycles. The van der Waals surface area contributed by atoms with Gasteiger partial charge in [0.1, 0.15) is 5.69 Å². The minimum absolute atomic E-state index is 0.0586. The number of hydrogen-bond acceptors (Lipinski definition) is 5. The smallest absolute Gasteiger partial charge is 0.295 e. The van der Waals surface area contributed by atoms with Crippen LogP contribution in [0, 0.1) is 15.9 Å². The summed E-state index contributed by atoms with van der Waals surface area (Å²) in [6.45, 7) is 1.76. The summed E-state index contributed by atoms with van der Waals surface area (Å²) in [5.41, 5.74) is 0.448. The van der Waals surface area contributed by atoms with Gasteiger partial charge in [0.15, 0.2) is 11.6 Å². The maximum Gasteiger partial charge on any atom is 0.295 e. The Morgan fingerprint density at radius 1 is 1.21 bits per heavy atom. The van der Waals surface area contributed by atoms with Crippen LogP contribution in [-0.4, -0.2) is 49.0 Å². The summed E-state index contributed by atoms with van der Waals surface area (Å²) in [5.74, 6) is -0.988. The average molecular weight is 408 g/mol. The molecule has 1 aliphatic heterocycles. The number of rotatable bonds is 4. The molecule has 0 aliphatic carbocycles. The Labute approximate surface area is 166 Å². The van der Waals surface area contributed by atoms with Gasteiger partial charge in [0, 0.05) is 42.8 Å². The van der Waals surface area contributed by atoms with Gasteiger partial charge in [-0.3, -0.25) is 14.9 Å². The van der Waals surface area contributed by atoms with E-state index in [9.17, 15) is 19.3 Å². The van der Waals surface area contributed by atoms with E-state index in [2.05, 4.69) is 0 Å². The van der Waals surface area contributed by atoms with Gasteiger partial charge in [-0.2, -0.15) is 0 Å². The third-order valence-corrected chi connectivity index (χ3v) is 4.88. The van der Waals surface area contributed by atoms with Gasteiger partial charge in [0.05, 0.1) is 18.1 Å². The molecule has 1 fully saturated rings. The minimum Gasteiger partial charge on any atom is -0.494 e. The van der Waals surface area contributed by atoms with Gasteiger partial charge in [-0.25, -0.2) is 4.39 Å². The van der Waals surface area contributed by atoms with Gasteiger partial charge < -0.3 is 14.5 Å². The number of hydrogen-bond donors (Lipinski definition) is 0. The zero-order valence-electron chi connectivity index (χ0n) is 15.2. The summed E-state index contributed by atoms with van der Waals surface area (Å²) in [6.07, 6.45) is 0.614. The highest BCUT2D eigenvalue weighted by molar-refractivity contribution is 6.30. The van der Waals surface area contributed by atoms with Crippen LogP contribution in [0.1, 0.15) is 16.8 Å². The Morgan fingerprint density at radius 2 is 2.00 bits per heavy atom. The first-order valence-electron chi connectivity index (χ1n) is 8.72. The van der Waals surface area contributed by atoms with Crippen LogP contribution in [0.5, 0.6) is 5.75 Å². The molecule has 7 nitrogen and oxygen atoms in total. The lowest BCUT2D eigenvalue weighted by molar-refractivity contribution is -0.384. The zero-order chi connectivity index (χ0) is 20.3. The Hall–Kier alpha value is -2.87. The van der Waals surface area contributed by atoms with Crippen LogP contribution in [0.15, 0.2) is 36.4 Å². The first kappa shape index (κ1) is 19.9. The van der Waals surface area contributed by atoms with Crippen molar-refractivity contribution in [1.29, 1.82) is 0 Å². The first-order chi connectivity index (χ1) is 13.4. The van der Waals surface area contributed by atoms with Crippen LogP contribution in [-0.2, 0) is 0 Å². The number of nitro groups is 1. The lowest BCUT2D eigenvalue weighted by Gasteiger charge is -2.24. The largest absolute Gasteiger partial charge is 0.494 e. The van der Waals surface area contributed by atoms with Gasteiger partial charge in [-0.05, 0) is 24.6 Å². The topological polar surface area (TPSA) is 75.9 Å². The molecule has 0 N–H and O–H groups in total. The molecule has 1 amide bonds. The summed E-state index contributed by atoms with van der Waals surface area (Å²) in [6, 6.07) is 8.93. The van der Waals surface area contributed by atoms with Crippen LogP contribution in [0.3, 0.4) is 0 Å². The van der Waals surface area contributed by atoms with Crippen LogP contribution in [0.4, 0.5) is 15.8 Å². The molecule has 0 aromatic heterocycles. The second kappa shape index (κ2) is 8.43. The Kier molecular flexibility index (Phi) is 5.99. The highest BCUT2D eigenvalue weighted by atomic mass is 35.5. The van der Waals surface area contributed by atoms with Gasteiger partial charge in [0.2, 0.25) is 0 Å². The Morgan fingerprint density at radius 3 is 2.68 bits per heavy atom. The van der Waals surface area contributed by atoms with Crippen LogP contribution < -0.4 is 9.64 Å². The number of nitrogens with zero attached hydrogens (tertiary/aromatic N) is 3. The maximum absolute atomic E-state index is 13.9. The second-order valence-corrected chi connectivity index (χ2v) is 6.81. The van der Waals surface area contributed by atoms with E-state index < -0.39 is 10.7 Å². The number of benzene rings is 2. The normalized spacial score (nSPS) is 14.5. The number of methoxy groups -OCH3 is 1. The second-order valence-electron chi connectivity index (χ2n) is 6.38. The number of ether oxygens (including phenoxy) is 1. The monoisotopic (exact) mass is 407 g/mol. The van der Waals surface area contributed by atoms with Crippen molar-refractivity contribution in [3.8, 4) is 5.75 Å². The summed E-state index contributed by atoms with van der Waals surface area (Å²) in [7, 11) is 1.31. The molecule has 0 spiro atoms. The molecule has 2 aromatic rings. The fourth-order valence-electron chi connectivity index (χ4n) is 3.25. The maximum atomic E-state index is 13.9. The predicted octanol–water partition coefficient (Wildman–Crippen LogP) is 3.75. The third kappa shape index (κ3) is 4.17. The lowest BCUT2D eigenvalue weighted by Crippen LogP contribution is -2.35. The van der Waals surface area contributed by atoms with E-state index in [1.54, 1.807) is 34.1 Å². The molecule has 3 rings (SSSR count). The quantitative estimate of drug-likeness (QED) is 0.570. The molecular weight excluding hydrogens is 389 g/mol. The fourth-order valence-corrected chi connectivity index (χ4v) is 3.44. The van der Waals surface area contributed by atoms with Crippen molar-refractivity contribution in [3.63, 3.8) is 0 Å². The van der Waals surface area contributed by atoms with Crippen LogP contribution in [0.25, 0.3) is 0 Å². The van der Waals surface area contributed by atoms with Crippen molar-refractivity contribution in [2.75, 3.05) is 38.2 Å². The van der Waals surface area contributed by atoms with Gasteiger partial charge in [-0.1, -0.05) is 17.7 Å². The van der Waals surface area contributed by atoms with Crippen molar-refractivity contribution in [2.24, 2.45) is 0 Å². The number of amides is 1. The molecular formula is C19H19ClFN3O4. The average Bonchev–Trinajstić information content (AvgIpc) is 2.93. The van der Waals surface area contributed by atoms with Crippen LogP contribution >= 0.6 is 11.6 Å². The van der Waals surface area contributed by atoms with Gasteiger partial charge in [0.25, 0.3) is 11.6 Å². The van der Waals surface area contributed by atoms with Gasteiger partial charge in [-0.15, -0.1) is 0 Å². The number of carbonyl (C=O) groups excluding carboxylic acids is 1. The third-order valence-electron chi connectivity index (χ3n) is 4.64. The molecule has 0 unspecified atom stereocenters. The van der Waals surface area contributed by atoms with E-state index in [0.717, 1.165) is 6.07 Å². The summed E-state index contributed by atoms with van der Waals surface area (Å²) in [5, 5.41) is 11.9. The van der Waals surface area contributed by atoms with Crippen molar-refractivity contribution in [1.82, 2.24) is 4.90 Å². The van der Waals surface area contributed by atoms with Crippen LogP contribution in [0.2, 0.25) is 5.02 Å². The molecule has 0 atom stereocenters. The number of halogens is 2. The van der Waals surface area contributed by atoms with E-state index in [-0.39, 0.29) is 23.0 Å². The molecule has 0 bridgehead atoms. The number of carbonyl (C=O) groups is 1. The SMILES string of the molecule is COc1cc(N2CCCN(C(=O)c3cccc(Cl)c3)CC2)c([N+](=O)[O-])cc1F. The summed E-state index contributed by atoms with van der Waals surface area (Å²) >= 11 is 5.97. The zero-order valence-corrected chi connectivity index (χ0v) is 16.0. The van der Waals surface area contributed by atoms with E-state index in [4.69, 9.17) is 16.3 Å². The van der Waals surface area contributed by atoms with Crippen molar-refractivity contribution in [2.45, 2.75) is 6.42 Å². The van der Waals surface area contributed by atoms with E-state index in [0.29, 0.717) is 43.2 Å². The standard InChI is InChI=1S/C19H19ClFN3O4/c1-28-18-12-16(17(24(26)27)11-15(18)21)22-6-3-7-23(9-8-22)19(25)13-4-2-5-14(20)10-13/h2,4-5,10-12H,3,6-9H2,1H3. The number of anilines is 1. The summed E-state index contributed by atoms with van der Waals surface area (Å²) in [4.78, 5) is 27.0. The Balaban J connectivity index is 1.82. The molecule has 148 valence electrons. The lowest BCUT2D eigenvalue weighted by atomic mass is 10.2. The molecule has 1 saturated heterocycles. The predicted molar refractivity (Wildman–Crippen MR) is 104 cm³/mol. The number of nitro benzene ring substituents is 1.